The smallest absolute Gasteiger partial charge is 0.198 e. The molecule has 1 N–H and O–H groups in total. The van der Waals surface area contributed by atoms with Crippen molar-refractivity contribution in [1.82, 2.24) is 0 Å². The minimum Gasteiger partial charge on any atom is -0.451 e. The summed E-state index contributed by atoms with van der Waals surface area (Å²) in [6, 6.07) is 7.11. The lowest BCUT2D eigenvalue weighted by molar-refractivity contribution is 0.279. The van der Waals surface area contributed by atoms with Gasteiger partial charge in [0.25, 0.3) is 0 Å². The molecule has 0 aliphatic carbocycles. The summed E-state index contributed by atoms with van der Waals surface area (Å²) in [4.78, 5) is 0. The Bertz CT molecular complexity index is 591. The zero-order chi connectivity index (χ0) is 14.0. The van der Waals surface area contributed by atoms with Crippen LogP contribution in [0.4, 0.5) is 8.78 Å². The summed E-state index contributed by atoms with van der Waals surface area (Å²) in [5.41, 5.74) is 1.06. The lowest BCUT2D eigenvalue weighted by Crippen LogP contribution is -1.96. The molecule has 0 fully saturated rings. The summed E-state index contributed by atoms with van der Waals surface area (Å²) >= 11 is 3.33. The van der Waals surface area contributed by atoms with Crippen LogP contribution in [0.1, 0.15) is 11.1 Å². The molecule has 0 unspecified atom stereocenters. The molecular formula is C14H11BrF2O2. The Morgan fingerprint density at radius 1 is 1.16 bits per heavy atom. The van der Waals surface area contributed by atoms with Gasteiger partial charge in [0.05, 0.1) is 6.61 Å². The quantitative estimate of drug-likeness (QED) is 0.909. The number of benzene rings is 2. The number of rotatable bonds is 3. The third kappa shape index (κ3) is 3.11. The van der Waals surface area contributed by atoms with Gasteiger partial charge in [-0.1, -0.05) is 15.9 Å². The molecule has 0 heterocycles. The fourth-order valence-corrected chi connectivity index (χ4v) is 1.85. The van der Waals surface area contributed by atoms with E-state index < -0.39 is 24.0 Å². The van der Waals surface area contributed by atoms with Crippen LogP contribution < -0.4 is 4.74 Å². The van der Waals surface area contributed by atoms with Gasteiger partial charge in [0.1, 0.15) is 5.75 Å². The van der Waals surface area contributed by atoms with Gasteiger partial charge in [-0.15, -0.1) is 0 Å². The first-order valence-electron chi connectivity index (χ1n) is 5.54. The molecule has 0 radical (unpaired) electrons. The van der Waals surface area contributed by atoms with Gasteiger partial charge in [-0.05, 0) is 48.4 Å². The van der Waals surface area contributed by atoms with E-state index in [1.807, 2.05) is 6.92 Å². The third-order valence-electron chi connectivity index (χ3n) is 2.59. The number of aliphatic hydroxyl groups is 1. The largest absolute Gasteiger partial charge is 0.451 e. The van der Waals surface area contributed by atoms with E-state index in [2.05, 4.69) is 15.9 Å². The van der Waals surface area contributed by atoms with Gasteiger partial charge in [-0.3, -0.25) is 0 Å². The van der Waals surface area contributed by atoms with E-state index in [0.717, 1.165) is 22.2 Å². The average molecular weight is 329 g/mol. The molecule has 19 heavy (non-hydrogen) atoms. The van der Waals surface area contributed by atoms with Crippen molar-refractivity contribution in [2.75, 3.05) is 0 Å². The zero-order valence-electron chi connectivity index (χ0n) is 10.1. The second kappa shape index (κ2) is 5.67. The minimum atomic E-state index is -0.843. The molecule has 0 amide bonds. The van der Waals surface area contributed by atoms with Crippen LogP contribution in [0, 0.1) is 18.6 Å². The Hall–Kier alpha value is -1.46. The summed E-state index contributed by atoms with van der Waals surface area (Å²) in [5.74, 6) is -1.82. The normalized spacial score (nSPS) is 10.6. The molecule has 2 aromatic rings. The molecule has 0 spiro atoms. The lowest BCUT2D eigenvalue weighted by atomic mass is 10.2. The van der Waals surface area contributed by atoms with Crippen LogP contribution in [0.5, 0.6) is 11.5 Å². The van der Waals surface area contributed by atoms with Gasteiger partial charge in [0, 0.05) is 4.47 Å². The predicted molar refractivity (Wildman–Crippen MR) is 71.2 cm³/mol. The van der Waals surface area contributed by atoms with Crippen molar-refractivity contribution in [3.05, 3.63) is 57.6 Å². The summed E-state index contributed by atoms with van der Waals surface area (Å²) in [7, 11) is 0. The van der Waals surface area contributed by atoms with Gasteiger partial charge in [-0.2, -0.15) is 0 Å². The maximum absolute atomic E-state index is 13.7. The highest BCUT2D eigenvalue weighted by molar-refractivity contribution is 9.10. The van der Waals surface area contributed by atoms with Gasteiger partial charge in [-0.25, -0.2) is 8.78 Å². The Morgan fingerprint density at radius 2 is 1.79 bits per heavy atom. The monoisotopic (exact) mass is 328 g/mol. The lowest BCUT2D eigenvalue weighted by Gasteiger charge is -2.10. The number of ether oxygens (including phenoxy) is 1. The van der Waals surface area contributed by atoms with E-state index in [1.165, 1.54) is 0 Å². The standard InChI is InChI=1S/C14H11BrF2O2/c1-8-4-10(2-3-11(8)15)19-14-12(16)5-9(7-18)6-13(14)17/h2-6,18H,7H2,1H3. The topological polar surface area (TPSA) is 29.5 Å². The highest BCUT2D eigenvalue weighted by Gasteiger charge is 2.13. The summed E-state index contributed by atoms with van der Waals surface area (Å²) < 4.78 is 33.5. The molecule has 0 saturated carbocycles. The molecule has 5 heteroatoms. The maximum atomic E-state index is 13.7. The fraction of sp³-hybridized carbons (Fsp3) is 0.143. The van der Waals surface area contributed by atoms with E-state index in [-0.39, 0.29) is 5.56 Å². The second-order valence-electron chi connectivity index (χ2n) is 4.06. The van der Waals surface area contributed by atoms with Crippen molar-refractivity contribution in [2.45, 2.75) is 13.5 Å². The average Bonchev–Trinajstić information content (AvgIpc) is 2.37. The van der Waals surface area contributed by atoms with E-state index in [9.17, 15) is 8.78 Å². The zero-order valence-corrected chi connectivity index (χ0v) is 11.7. The minimum absolute atomic E-state index is 0.161. The van der Waals surface area contributed by atoms with E-state index >= 15 is 0 Å². The number of aryl methyl sites for hydroxylation is 1. The van der Waals surface area contributed by atoms with Crippen molar-refractivity contribution in [3.63, 3.8) is 0 Å². The number of halogens is 3. The summed E-state index contributed by atoms with van der Waals surface area (Å²) in [5, 5.41) is 8.85. The number of hydrogen-bond donors (Lipinski definition) is 1. The van der Waals surface area contributed by atoms with Crippen molar-refractivity contribution < 1.29 is 18.6 Å². The van der Waals surface area contributed by atoms with Crippen LogP contribution in [0.25, 0.3) is 0 Å². The van der Waals surface area contributed by atoms with Crippen molar-refractivity contribution in [3.8, 4) is 11.5 Å². The highest BCUT2D eigenvalue weighted by atomic mass is 79.9. The summed E-state index contributed by atoms with van der Waals surface area (Å²) in [6.45, 7) is 1.42. The number of hydrogen-bond acceptors (Lipinski definition) is 2. The Labute approximate surface area is 117 Å². The van der Waals surface area contributed by atoms with Gasteiger partial charge < -0.3 is 9.84 Å². The Morgan fingerprint density at radius 3 is 2.32 bits per heavy atom. The van der Waals surface area contributed by atoms with Gasteiger partial charge in [0.15, 0.2) is 17.4 Å². The molecule has 2 rings (SSSR count). The predicted octanol–water partition coefficient (Wildman–Crippen LogP) is 4.32. The highest BCUT2D eigenvalue weighted by Crippen LogP contribution is 2.30. The molecule has 2 aromatic carbocycles. The maximum Gasteiger partial charge on any atom is 0.198 e. The van der Waals surface area contributed by atoms with Crippen molar-refractivity contribution >= 4 is 15.9 Å². The molecule has 0 aliphatic heterocycles. The molecule has 0 saturated heterocycles. The van der Waals surface area contributed by atoms with Crippen LogP contribution in [0.3, 0.4) is 0 Å². The van der Waals surface area contributed by atoms with Gasteiger partial charge in [0.2, 0.25) is 0 Å². The van der Waals surface area contributed by atoms with E-state index in [0.29, 0.717) is 5.75 Å². The number of aliphatic hydroxyl groups excluding tert-OH is 1. The van der Waals surface area contributed by atoms with Crippen molar-refractivity contribution in [2.24, 2.45) is 0 Å². The Kier molecular flexibility index (Phi) is 4.17. The first kappa shape index (κ1) is 14.0. The molecule has 0 atom stereocenters. The third-order valence-corrected chi connectivity index (χ3v) is 3.48. The molecule has 2 nitrogen and oxygen atoms in total. The van der Waals surface area contributed by atoms with Crippen molar-refractivity contribution in [1.29, 1.82) is 0 Å². The summed E-state index contributed by atoms with van der Waals surface area (Å²) in [6.07, 6.45) is 0. The second-order valence-corrected chi connectivity index (χ2v) is 4.91. The van der Waals surface area contributed by atoms with Crippen LogP contribution in [-0.2, 0) is 6.61 Å². The van der Waals surface area contributed by atoms with Crippen LogP contribution in [-0.4, -0.2) is 5.11 Å². The molecule has 0 aromatic heterocycles. The molecular weight excluding hydrogens is 318 g/mol. The first-order valence-corrected chi connectivity index (χ1v) is 6.33. The molecule has 0 aliphatic rings. The van der Waals surface area contributed by atoms with E-state index in [4.69, 9.17) is 9.84 Å². The van der Waals surface area contributed by atoms with Crippen LogP contribution in [0.15, 0.2) is 34.8 Å². The van der Waals surface area contributed by atoms with Crippen LogP contribution >= 0.6 is 15.9 Å². The van der Waals surface area contributed by atoms with E-state index in [1.54, 1.807) is 18.2 Å². The fourth-order valence-electron chi connectivity index (χ4n) is 1.60. The molecule has 0 bridgehead atoms. The van der Waals surface area contributed by atoms with Crippen LogP contribution in [0.2, 0.25) is 0 Å². The SMILES string of the molecule is Cc1cc(Oc2c(F)cc(CO)cc2F)ccc1Br. The molecule has 100 valence electrons. The first-order chi connectivity index (χ1) is 9.01. The Balaban J connectivity index is 2.35. The van der Waals surface area contributed by atoms with Gasteiger partial charge >= 0.3 is 0 Å².